The monoisotopic (exact) mass is 366 g/mol. The third-order valence-corrected chi connectivity index (χ3v) is 4.01. The first-order valence-electron chi connectivity index (χ1n) is 8.09. The van der Waals surface area contributed by atoms with Gasteiger partial charge in [0.2, 0.25) is 0 Å². The van der Waals surface area contributed by atoms with E-state index in [2.05, 4.69) is 10.6 Å². The van der Waals surface area contributed by atoms with E-state index in [0.717, 1.165) is 4.90 Å². The Kier molecular flexibility index (Phi) is 7.96. The number of carbonyl (C=O) groups excluding carboxylic acids is 3. The average Bonchev–Trinajstić information content (AvgIpc) is 2.47. The van der Waals surface area contributed by atoms with Crippen molar-refractivity contribution in [3.63, 3.8) is 0 Å². The second-order valence-corrected chi connectivity index (χ2v) is 7.91. The van der Waals surface area contributed by atoms with Gasteiger partial charge in [0.25, 0.3) is 5.91 Å². The van der Waals surface area contributed by atoms with Gasteiger partial charge in [-0.05, 0) is 46.8 Å². The van der Waals surface area contributed by atoms with Gasteiger partial charge >= 0.3 is 12.0 Å². The number of hydrogen-bond acceptors (Lipinski definition) is 5. The van der Waals surface area contributed by atoms with Gasteiger partial charge in [-0.25, -0.2) is 4.79 Å². The molecular weight excluding hydrogens is 340 g/mol. The molecule has 0 aliphatic heterocycles. The molecule has 3 amide bonds. The number of hydrogen-bond donors (Lipinski definition) is 2. The Bertz CT molecular complexity index is 608. The van der Waals surface area contributed by atoms with Crippen LogP contribution >= 0.6 is 11.8 Å². The second kappa shape index (κ2) is 9.46. The molecule has 0 aliphatic rings. The first-order chi connectivity index (χ1) is 11.6. The minimum absolute atomic E-state index is 0.185. The summed E-state index contributed by atoms with van der Waals surface area (Å²) in [6.07, 6.45) is -0.841. The molecule has 0 saturated heterocycles. The molecule has 138 valence electrons. The van der Waals surface area contributed by atoms with Crippen LogP contribution in [0.2, 0.25) is 0 Å². The quantitative estimate of drug-likeness (QED) is 0.597. The van der Waals surface area contributed by atoms with E-state index in [0.29, 0.717) is 5.75 Å². The van der Waals surface area contributed by atoms with Crippen molar-refractivity contribution in [3.05, 3.63) is 29.8 Å². The Hall–Kier alpha value is -2.02. The van der Waals surface area contributed by atoms with Crippen LogP contribution in [-0.4, -0.2) is 35.3 Å². The molecule has 1 aromatic rings. The predicted octanol–water partition coefficient (Wildman–Crippen LogP) is 3.03. The highest BCUT2D eigenvalue weighted by atomic mass is 32.2. The molecule has 1 rings (SSSR count). The van der Waals surface area contributed by atoms with Gasteiger partial charge in [0.1, 0.15) is 0 Å². The van der Waals surface area contributed by atoms with Gasteiger partial charge in [0.15, 0.2) is 6.10 Å². The number of esters is 1. The molecular formula is C18H26N2O4S. The molecule has 0 heterocycles. The number of urea groups is 1. The summed E-state index contributed by atoms with van der Waals surface area (Å²) >= 11 is 1.54. The lowest BCUT2D eigenvalue weighted by molar-refractivity contribution is -0.154. The molecule has 0 saturated carbocycles. The highest BCUT2D eigenvalue weighted by Crippen LogP contribution is 2.19. The second-order valence-electron chi connectivity index (χ2n) is 6.74. The number of thioether (sulfide) groups is 1. The van der Waals surface area contributed by atoms with Gasteiger partial charge in [-0.1, -0.05) is 17.7 Å². The zero-order valence-corrected chi connectivity index (χ0v) is 16.2. The van der Waals surface area contributed by atoms with Crippen LogP contribution in [0.15, 0.2) is 29.2 Å². The van der Waals surface area contributed by atoms with Crippen molar-refractivity contribution in [1.82, 2.24) is 10.6 Å². The van der Waals surface area contributed by atoms with Gasteiger partial charge in [-0.2, -0.15) is 0 Å². The normalized spacial score (nSPS) is 12.2. The number of amides is 3. The molecule has 0 bridgehead atoms. The van der Waals surface area contributed by atoms with Crippen molar-refractivity contribution < 1.29 is 19.1 Å². The zero-order chi connectivity index (χ0) is 19.0. The third kappa shape index (κ3) is 9.14. The lowest BCUT2D eigenvalue weighted by Crippen LogP contribution is -2.50. The van der Waals surface area contributed by atoms with E-state index in [1.165, 1.54) is 12.5 Å². The molecule has 25 heavy (non-hydrogen) atoms. The van der Waals surface area contributed by atoms with Crippen molar-refractivity contribution in [2.24, 2.45) is 0 Å². The Morgan fingerprint density at radius 3 is 2.32 bits per heavy atom. The molecule has 0 aliphatic carbocycles. The predicted molar refractivity (Wildman–Crippen MR) is 98.5 cm³/mol. The van der Waals surface area contributed by atoms with Gasteiger partial charge < -0.3 is 10.1 Å². The summed E-state index contributed by atoms with van der Waals surface area (Å²) in [6, 6.07) is 7.39. The van der Waals surface area contributed by atoms with Crippen molar-refractivity contribution in [3.8, 4) is 0 Å². The summed E-state index contributed by atoms with van der Waals surface area (Å²) in [5.41, 5.74) is 0.719. The van der Waals surface area contributed by atoms with Crippen LogP contribution in [0, 0.1) is 6.92 Å². The smallest absolute Gasteiger partial charge is 0.321 e. The standard InChI is InChI=1S/C18H26N2O4S/c1-12-6-8-14(9-7-12)25-11-10-15(21)24-13(2)16(22)19-17(23)20-18(3,4)5/h6-9,13H,10-11H2,1-5H3,(H2,19,20,22,23). The first kappa shape index (κ1) is 21.0. The highest BCUT2D eigenvalue weighted by Gasteiger charge is 2.21. The summed E-state index contributed by atoms with van der Waals surface area (Å²) in [6.45, 7) is 8.84. The minimum atomic E-state index is -1.03. The molecule has 6 nitrogen and oxygen atoms in total. The van der Waals surface area contributed by atoms with Crippen LogP contribution in [0.4, 0.5) is 4.79 Å². The Labute approximate surface area is 153 Å². The van der Waals surface area contributed by atoms with E-state index in [4.69, 9.17) is 4.74 Å². The fourth-order valence-corrected chi connectivity index (χ4v) is 2.61. The molecule has 7 heteroatoms. The average molecular weight is 366 g/mol. The summed E-state index contributed by atoms with van der Waals surface area (Å²) in [7, 11) is 0. The molecule has 0 radical (unpaired) electrons. The van der Waals surface area contributed by atoms with E-state index in [1.807, 2.05) is 31.2 Å². The number of nitrogens with one attached hydrogen (secondary N) is 2. The first-order valence-corrected chi connectivity index (χ1v) is 9.07. The van der Waals surface area contributed by atoms with E-state index >= 15 is 0 Å². The van der Waals surface area contributed by atoms with Crippen LogP contribution < -0.4 is 10.6 Å². The summed E-state index contributed by atoms with van der Waals surface area (Å²) in [5.74, 6) is -0.569. The zero-order valence-electron chi connectivity index (χ0n) is 15.3. The van der Waals surface area contributed by atoms with Gasteiger partial charge in [0.05, 0.1) is 6.42 Å². The van der Waals surface area contributed by atoms with Crippen LogP contribution in [0.1, 0.15) is 39.7 Å². The molecule has 0 spiro atoms. The number of carbonyl (C=O) groups is 3. The topological polar surface area (TPSA) is 84.5 Å². The number of ether oxygens (including phenoxy) is 1. The van der Waals surface area contributed by atoms with Crippen LogP contribution in [0.25, 0.3) is 0 Å². The van der Waals surface area contributed by atoms with E-state index in [-0.39, 0.29) is 6.42 Å². The van der Waals surface area contributed by atoms with Gasteiger partial charge in [0, 0.05) is 16.2 Å². The van der Waals surface area contributed by atoms with Gasteiger partial charge in [-0.15, -0.1) is 11.8 Å². The molecule has 1 atom stereocenters. The van der Waals surface area contributed by atoms with E-state index < -0.39 is 29.6 Å². The maximum atomic E-state index is 11.8. The summed E-state index contributed by atoms with van der Waals surface area (Å²) in [4.78, 5) is 36.3. The maximum absolute atomic E-state index is 11.8. The molecule has 0 aromatic heterocycles. The van der Waals surface area contributed by atoms with Crippen molar-refractivity contribution in [2.75, 3.05) is 5.75 Å². The summed E-state index contributed by atoms with van der Waals surface area (Å²) in [5, 5.41) is 4.76. The van der Waals surface area contributed by atoms with Crippen molar-refractivity contribution in [2.45, 2.75) is 57.6 Å². The van der Waals surface area contributed by atoms with Crippen LogP contribution in [0.5, 0.6) is 0 Å². The van der Waals surface area contributed by atoms with Crippen LogP contribution in [0.3, 0.4) is 0 Å². The largest absolute Gasteiger partial charge is 0.453 e. The number of imide groups is 1. The molecule has 1 unspecified atom stereocenters. The third-order valence-electron chi connectivity index (χ3n) is 3.00. The van der Waals surface area contributed by atoms with Crippen molar-refractivity contribution >= 4 is 29.7 Å². The number of rotatable bonds is 6. The molecule has 2 N–H and O–H groups in total. The maximum Gasteiger partial charge on any atom is 0.321 e. The van der Waals surface area contributed by atoms with Gasteiger partial charge in [-0.3, -0.25) is 14.9 Å². The summed E-state index contributed by atoms with van der Waals surface area (Å²) < 4.78 is 5.06. The SMILES string of the molecule is Cc1ccc(SCCC(=O)OC(C)C(=O)NC(=O)NC(C)(C)C)cc1. The number of aryl methyl sites for hydroxylation is 1. The number of benzene rings is 1. The minimum Gasteiger partial charge on any atom is -0.453 e. The Morgan fingerprint density at radius 1 is 1.16 bits per heavy atom. The fraction of sp³-hybridized carbons (Fsp3) is 0.500. The fourth-order valence-electron chi connectivity index (χ4n) is 1.78. The molecule has 1 aromatic carbocycles. The van der Waals surface area contributed by atoms with Crippen molar-refractivity contribution in [1.29, 1.82) is 0 Å². The van der Waals surface area contributed by atoms with E-state index in [9.17, 15) is 14.4 Å². The lowest BCUT2D eigenvalue weighted by atomic mass is 10.1. The molecule has 0 fully saturated rings. The van der Waals surface area contributed by atoms with E-state index in [1.54, 1.807) is 32.5 Å². The van der Waals surface area contributed by atoms with Crippen LogP contribution in [-0.2, 0) is 14.3 Å². The Balaban J connectivity index is 2.31. The highest BCUT2D eigenvalue weighted by molar-refractivity contribution is 7.99. The lowest BCUT2D eigenvalue weighted by Gasteiger charge is -2.21. The Morgan fingerprint density at radius 2 is 1.76 bits per heavy atom.